The second-order valence-corrected chi connectivity index (χ2v) is 5.09. The first-order chi connectivity index (χ1) is 8.88. The lowest BCUT2D eigenvalue weighted by molar-refractivity contribution is -0.137. The van der Waals surface area contributed by atoms with Gasteiger partial charge in [-0.05, 0) is 37.1 Å². The molecule has 0 aromatic heterocycles. The fourth-order valence-electron chi connectivity index (χ4n) is 2.34. The normalized spacial score (nSPS) is 15.3. The molecule has 0 saturated carbocycles. The molecule has 0 heterocycles. The highest BCUT2D eigenvalue weighted by Crippen LogP contribution is 2.31. The summed E-state index contributed by atoms with van der Waals surface area (Å²) >= 11 is 0. The fraction of sp³-hybridized carbons (Fsp3) is 0.600. The minimum absolute atomic E-state index is 0.115. The number of halogens is 3. The van der Waals surface area contributed by atoms with Crippen LogP contribution >= 0.6 is 0 Å². The van der Waals surface area contributed by atoms with E-state index in [1.54, 1.807) is 12.1 Å². The van der Waals surface area contributed by atoms with Crippen molar-refractivity contribution < 1.29 is 13.2 Å². The maximum absolute atomic E-state index is 12.5. The van der Waals surface area contributed by atoms with Crippen LogP contribution in [0.25, 0.3) is 0 Å². The molecule has 2 atom stereocenters. The zero-order valence-corrected chi connectivity index (χ0v) is 11.7. The SMILES string of the molecule is CCCC(C)CC(NC)c1ccc(C(F)(F)F)cc1. The minimum Gasteiger partial charge on any atom is -0.313 e. The van der Waals surface area contributed by atoms with Crippen LogP contribution in [0.2, 0.25) is 0 Å². The van der Waals surface area contributed by atoms with Crippen LogP contribution in [0, 0.1) is 5.92 Å². The number of rotatable bonds is 6. The van der Waals surface area contributed by atoms with Crippen molar-refractivity contribution in [1.29, 1.82) is 0 Å². The smallest absolute Gasteiger partial charge is 0.313 e. The van der Waals surface area contributed by atoms with Crippen LogP contribution in [-0.4, -0.2) is 7.05 Å². The predicted molar refractivity (Wildman–Crippen MR) is 71.9 cm³/mol. The summed E-state index contributed by atoms with van der Waals surface area (Å²) in [5.74, 6) is 0.560. The Morgan fingerprint density at radius 2 is 1.74 bits per heavy atom. The molecule has 0 saturated heterocycles. The van der Waals surface area contributed by atoms with Crippen LogP contribution in [-0.2, 0) is 6.18 Å². The average molecular weight is 273 g/mol. The molecule has 0 aliphatic rings. The summed E-state index contributed by atoms with van der Waals surface area (Å²) in [5, 5.41) is 3.18. The van der Waals surface area contributed by atoms with Crippen molar-refractivity contribution in [2.45, 2.75) is 45.3 Å². The van der Waals surface area contributed by atoms with E-state index in [9.17, 15) is 13.2 Å². The molecule has 0 amide bonds. The van der Waals surface area contributed by atoms with Crippen LogP contribution in [0.15, 0.2) is 24.3 Å². The average Bonchev–Trinajstić information content (AvgIpc) is 2.35. The molecule has 19 heavy (non-hydrogen) atoms. The second kappa shape index (κ2) is 6.94. The second-order valence-electron chi connectivity index (χ2n) is 5.09. The third-order valence-corrected chi connectivity index (χ3v) is 3.41. The van der Waals surface area contributed by atoms with Gasteiger partial charge in [0.05, 0.1) is 5.56 Å². The van der Waals surface area contributed by atoms with E-state index in [1.165, 1.54) is 0 Å². The molecule has 2 unspecified atom stereocenters. The van der Waals surface area contributed by atoms with Crippen LogP contribution in [0.1, 0.15) is 50.3 Å². The Kier molecular flexibility index (Phi) is 5.85. The number of hydrogen-bond acceptors (Lipinski definition) is 1. The molecule has 0 radical (unpaired) electrons. The third kappa shape index (κ3) is 4.86. The predicted octanol–water partition coefficient (Wildman–Crippen LogP) is 4.79. The van der Waals surface area contributed by atoms with Gasteiger partial charge in [-0.3, -0.25) is 0 Å². The Morgan fingerprint density at radius 3 is 2.16 bits per heavy atom. The quantitative estimate of drug-likeness (QED) is 0.785. The van der Waals surface area contributed by atoms with Crippen molar-refractivity contribution in [2.75, 3.05) is 7.05 Å². The van der Waals surface area contributed by atoms with E-state index < -0.39 is 11.7 Å². The summed E-state index contributed by atoms with van der Waals surface area (Å²) < 4.78 is 37.5. The van der Waals surface area contributed by atoms with Crippen LogP contribution < -0.4 is 5.32 Å². The number of nitrogens with one attached hydrogen (secondary N) is 1. The molecule has 1 aromatic carbocycles. The van der Waals surface area contributed by atoms with Gasteiger partial charge in [-0.1, -0.05) is 38.8 Å². The van der Waals surface area contributed by atoms with Gasteiger partial charge in [0.1, 0.15) is 0 Å². The topological polar surface area (TPSA) is 12.0 Å². The van der Waals surface area contributed by atoms with Crippen LogP contribution in [0.5, 0.6) is 0 Å². The molecule has 1 N–H and O–H groups in total. The van der Waals surface area contributed by atoms with Gasteiger partial charge in [0.15, 0.2) is 0 Å². The van der Waals surface area contributed by atoms with E-state index in [1.807, 2.05) is 7.05 Å². The summed E-state index contributed by atoms with van der Waals surface area (Å²) in [6.45, 7) is 4.32. The van der Waals surface area contributed by atoms with E-state index in [0.717, 1.165) is 37.0 Å². The Balaban J connectivity index is 2.77. The molecule has 0 aliphatic heterocycles. The van der Waals surface area contributed by atoms with Crippen LogP contribution in [0.4, 0.5) is 13.2 Å². The monoisotopic (exact) mass is 273 g/mol. The van der Waals surface area contributed by atoms with E-state index >= 15 is 0 Å². The summed E-state index contributed by atoms with van der Waals surface area (Å²) in [4.78, 5) is 0. The lowest BCUT2D eigenvalue weighted by atomic mass is 9.92. The molecular weight excluding hydrogens is 251 g/mol. The molecular formula is C15H22F3N. The van der Waals surface area contributed by atoms with Gasteiger partial charge in [-0.15, -0.1) is 0 Å². The Labute approximate surface area is 113 Å². The summed E-state index contributed by atoms with van der Waals surface area (Å²) in [6.07, 6.45) is -1.05. The van der Waals surface area contributed by atoms with Gasteiger partial charge in [0.2, 0.25) is 0 Å². The molecule has 1 nitrogen and oxygen atoms in total. The van der Waals surface area contributed by atoms with Crippen molar-refractivity contribution in [2.24, 2.45) is 5.92 Å². The number of alkyl halides is 3. The van der Waals surface area contributed by atoms with Gasteiger partial charge in [0, 0.05) is 6.04 Å². The van der Waals surface area contributed by atoms with E-state index in [0.29, 0.717) is 5.92 Å². The van der Waals surface area contributed by atoms with Crippen molar-refractivity contribution >= 4 is 0 Å². The molecule has 0 bridgehead atoms. The molecule has 0 aliphatic carbocycles. The summed E-state index contributed by atoms with van der Waals surface area (Å²) in [5.41, 5.74) is 0.325. The first kappa shape index (κ1) is 16.0. The zero-order chi connectivity index (χ0) is 14.5. The highest BCUT2D eigenvalue weighted by Gasteiger charge is 2.30. The van der Waals surface area contributed by atoms with Crippen molar-refractivity contribution in [3.63, 3.8) is 0 Å². The van der Waals surface area contributed by atoms with E-state index in [2.05, 4.69) is 19.2 Å². The van der Waals surface area contributed by atoms with E-state index in [4.69, 9.17) is 0 Å². The molecule has 0 fully saturated rings. The molecule has 4 heteroatoms. The number of benzene rings is 1. The maximum atomic E-state index is 12.5. The van der Waals surface area contributed by atoms with Crippen molar-refractivity contribution in [3.8, 4) is 0 Å². The third-order valence-electron chi connectivity index (χ3n) is 3.41. The molecule has 108 valence electrons. The fourth-order valence-corrected chi connectivity index (χ4v) is 2.34. The molecule has 0 spiro atoms. The molecule has 1 aromatic rings. The standard InChI is InChI=1S/C15H22F3N/c1-4-5-11(2)10-14(19-3)12-6-8-13(9-7-12)15(16,17)18/h6-9,11,14,19H,4-5,10H2,1-3H3. The van der Waals surface area contributed by atoms with Gasteiger partial charge in [-0.25, -0.2) is 0 Å². The van der Waals surface area contributed by atoms with Gasteiger partial charge < -0.3 is 5.32 Å². The lowest BCUT2D eigenvalue weighted by Crippen LogP contribution is -2.19. The summed E-state index contributed by atoms with van der Waals surface area (Å²) in [7, 11) is 1.85. The van der Waals surface area contributed by atoms with Gasteiger partial charge >= 0.3 is 6.18 Å². The van der Waals surface area contributed by atoms with Gasteiger partial charge in [-0.2, -0.15) is 13.2 Å². The summed E-state index contributed by atoms with van der Waals surface area (Å²) in [6, 6.07) is 5.57. The van der Waals surface area contributed by atoms with Crippen molar-refractivity contribution in [3.05, 3.63) is 35.4 Å². The number of hydrogen-bond donors (Lipinski definition) is 1. The lowest BCUT2D eigenvalue weighted by Gasteiger charge is -2.21. The minimum atomic E-state index is -4.26. The first-order valence-electron chi connectivity index (χ1n) is 6.72. The molecule has 1 rings (SSSR count). The Hall–Kier alpha value is -1.03. The van der Waals surface area contributed by atoms with Crippen LogP contribution in [0.3, 0.4) is 0 Å². The first-order valence-corrected chi connectivity index (χ1v) is 6.72. The zero-order valence-electron chi connectivity index (χ0n) is 11.7. The maximum Gasteiger partial charge on any atom is 0.416 e. The van der Waals surface area contributed by atoms with Gasteiger partial charge in [0.25, 0.3) is 0 Å². The highest BCUT2D eigenvalue weighted by atomic mass is 19.4. The largest absolute Gasteiger partial charge is 0.416 e. The van der Waals surface area contributed by atoms with Crippen molar-refractivity contribution in [1.82, 2.24) is 5.32 Å². The highest BCUT2D eigenvalue weighted by molar-refractivity contribution is 5.26. The Bertz CT molecular complexity index is 370. The Morgan fingerprint density at radius 1 is 1.16 bits per heavy atom. The van der Waals surface area contributed by atoms with E-state index in [-0.39, 0.29) is 6.04 Å².